The molecule has 0 fully saturated rings. The molecule has 2 nitrogen and oxygen atoms in total. The van der Waals surface area contributed by atoms with E-state index in [1.54, 1.807) is 12.1 Å². The number of ether oxygens (including phenoxy) is 2. The van der Waals surface area contributed by atoms with Crippen LogP contribution in [-0.4, -0.2) is 0 Å². The standard InChI is InChI=1S/C32H25F7O2/c1-2-3-4-5-20-6-8-21(9-7-20)22-10-12-23(13-11-22)24-14-15-26(27(33)16-24)32(38,39)41-25-17-28(34)31(29(35)18-25)40-19-30(36)37/h6-19H,2-5H2,1H3. The van der Waals surface area contributed by atoms with Crippen LogP contribution >= 0.6 is 0 Å². The van der Waals surface area contributed by atoms with E-state index >= 15 is 0 Å². The van der Waals surface area contributed by atoms with Gasteiger partial charge in [0, 0.05) is 12.1 Å². The van der Waals surface area contributed by atoms with Crippen LogP contribution in [0.2, 0.25) is 0 Å². The molecule has 9 heteroatoms. The minimum Gasteiger partial charge on any atom is -0.453 e. The summed E-state index contributed by atoms with van der Waals surface area (Å²) in [7, 11) is 0. The maximum atomic E-state index is 14.8. The van der Waals surface area contributed by atoms with Crippen molar-refractivity contribution in [1.82, 2.24) is 0 Å². The van der Waals surface area contributed by atoms with E-state index in [1.165, 1.54) is 18.1 Å². The van der Waals surface area contributed by atoms with Gasteiger partial charge in [-0.15, -0.1) is 0 Å². The van der Waals surface area contributed by atoms with Gasteiger partial charge in [0.2, 0.25) is 0 Å². The van der Waals surface area contributed by atoms with Gasteiger partial charge in [0.25, 0.3) is 0 Å². The van der Waals surface area contributed by atoms with Crippen molar-refractivity contribution >= 4 is 0 Å². The molecule has 4 rings (SSSR count). The first kappa shape index (κ1) is 29.7. The topological polar surface area (TPSA) is 18.5 Å². The second-order valence-electron chi connectivity index (χ2n) is 9.29. The van der Waals surface area contributed by atoms with Gasteiger partial charge in [-0.05, 0) is 52.8 Å². The predicted octanol–water partition coefficient (Wildman–Crippen LogP) is 10.4. The second-order valence-corrected chi connectivity index (χ2v) is 9.29. The predicted molar refractivity (Wildman–Crippen MR) is 142 cm³/mol. The third-order valence-electron chi connectivity index (χ3n) is 6.34. The molecule has 0 bridgehead atoms. The first-order chi connectivity index (χ1) is 19.6. The highest BCUT2D eigenvalue weighted by molar-refractivity contribution is 5.70. The molecule has 0 atom stereocenters. The molecule has 0 saturated carbocycles. The summed E-state index contributed by atoms with van der Waals surface area (Å²) in [4.78, 5) is 0. The second kappa shape index (κ2) is 12.9. The first-order valence-electron chi connectivity index (χ1n) is 12.8. The Hall–Kier alpha value is -4.27. The van der Waals surface area contributed by atoms with Crippen LogP contribution in [0.25, 0.3) is 22.3 Å². The van der Waals surface area contributed by atoms with Crippen molar-refractivity contribution in [3.63, 3.8) is 0 Å². The molecule has 41 heavy (non-hydrogen) atoms. The number of hydrogen-bond donors (Lipinski definition) is 0. The monoisotopic (exact) mass is 574 g/mol. The molecule has 0 aliphatic carbocycles. The van der Waals surface area contributed by atoms with Crippen molar-refractivity contribution < 1.29 is 40.2 Å². The lowest BCUT2D eigenvalue weighted by molar-refractivity contribution is -0.187. The van der Waals surface area contributed by atoms with Crippen molar-refractivity contribution in [2.75, 3.05) is 0 Å². The average molecular weight is 575 g/mol. The van der Waals surface area contributed by atoms with Gasteiger partial charge in [0.1, 0.15) is 11.6 Å². The molecule has 0 amide bonds. The molecular formula is C32H25F7O2. The van der Waals surface area contributed by atoms with Gasteiger partial charge < -0.3 is 9.47 Å². The fourth-order valence-corrected chi connectivity index (χ4v) is 4.24. The fourth-order valence-electron chi connectivity index (χ4n) is 4.24. The van der Waals surface area contributed by atoms with Gasteiger partial charge in [0.05, 0.1) is 5.56 Å². The van der Waals surface area contributed by atoms with Crippen LogP contribution in [0.3, 0.4) is 0 Å². The van der Waals surface area contributed by atoms with E-state index < -0.39 is 46.7 Å². The number of halogens is 7. The van der Waals surface area contributed by atoms with Crippen molar-refractivity contribution in [3.8, 4) is 33.8 Å². The molecule has 214 valence electrons. The van der Waals surface area contributed by atoms with Crippen molar-refractivity contribution in [3.05, 3.63) is 120 Å². The van der Waals surface area contributed by atoms with Gasteiger partial charge in [-0.3, -0.25) is 0 Å². The molecule has 0 heterocycles. The summed E-state index contributed by atoms with van der Waals surface area (Å²) in [5.41, 5.74) is 2.95. The first-order valence-corrected chi connectivity index (χ1v) is 12.8. The molecule has 0 unspecified atom stereocenters. The van der Waals surface area contributed by atoms with Gasteiger partial charge in [-0.1, -0.05) is 74.4 Å². The van der Waals surface area contributed by atoms with E-state index in [2.05, 4.69) is 28.5 Å². The third-order valence-corrected chi connectivity index (χ3v) is 6.34. The van der Waals surface area contributed by atoms with Gasteiger partial charge >= 0.3 is 12.2 Å². The summed E-state index contributed by atoms with van der Waals surface area (Å²) in [6, 6.07) is 19.0. The van der Waals surface area contributed by atoms with Crippen LogP contribution in [0.1, 0.15) is 37.3 Å². The lowest BCUT2D eigenvalue weighted by Crippen LogP contribution is -2.23. The minimum atomic E-state index is -4.32. The minimum absolute atomic E-state index is 0.215. The number of rotatable bonds is 11. The Kier molecular flexibility index (Phi) is 9.37. The molecule has 0 N–H and O–H groups in total. The Morgan fingerprint density at radius 3 is 1.78 bits per heavy atom. The molecule has 0 aliphatic heterocycles. The summed E-state index contributed by atoms with van der Waals surface area (Å²) in [5, 5.41) is 0. The zero-order chi connectivity index (χ0) is 29.6. The maximum Gasteiger partial charge on any atom is 0.429 e. The summed E-state index contributed by atoms with van der Waals surface area (Å²) < 4.78 is 105. The van der Waals surface area contributed by atoms with E-state index in [1.807, 2.05) is 24.3 Å². The van der Waals surface area contributed by atoms with E-state index in [0.717, 1.165) is 42.5 Å². The quantitative estimate of drug-likeness (QED) is 0.101. The van der Waals surface area contributed by atoms with Crippen molar-refractivity contribution in [2.24, 2.45) is 0 Å². The highest BCUT2D eigenvalue weighted by Gasteiger charge is 2.38. The zero-order valence-electron chi connectivity index (χ0n) is 21.9. The van der Waals surface area contributed by atoms with Crippen LogP contribution in [0.5, 0.6) is 11.5 Å². The average Bonchev–Trinajstić information content (AvgIpc) is 2.92. The number of hydrogen-bond acceptors (Lipinski definition) is 2. The summed E-state index contributed by atoms with van der Waals surface area (Å²) >= 11 is 0. The van der Waals surface area contributed by atoms with Gasteiger partial charge in [-0.25, -0.2) is 13.2 Å². The van der Waals surface area contributed by atoms with Crippen LogP contribution in [-0.2, 0) is 12.5 Å². The third kappa shape index (κ3) is 7.48. The molecule has 0 aromatic heterocycles. The smallest absolute Gasteiger partial charge is 0.429 e. The zero-order valence-corrected chi connectivity index (χ0v) is 21.9. The number of alkyl halides is 2. The highest BCUT2D eigenvalue weighted by atomic mass is 19.3. The normalized spacial score (nSPS) is 11.3. The van der Waals surface area contributed by atoms with Crippen LogP contribution in [0.15, 0.2) is 91.2 Å². The van der Waals surface area contributed by atoms with Gasteiger partial charge in [0.15, 0.2) is 23.6 Å². The van der Waals surface area contributed by atoms with E-state index in [4.69, 9.17) is 0 Å². The summed E-state index contributed by atoms with van der Waals surface area (Å²) in [6.07, 6.45) is -2.39. The molecule has 0 saturated heterocycles. The number of unbranched alkanes of at least 4 members (excludes halogenated alkanes) is 2. The molecule has 0 radical (unpaired) electrons. The van der Waals surface area contributed by atoms with Crippen LogP contribution in [0, 0.1) is 17.5 Å². The molecular weight excluding hydrogens is 549 g/mol. The Labute approximate surface area is 232 Å². The summed E-state index contributed by atoms with van der Waals surface area (Å²) in [5.74, 6) is -6.70. The molecule has 0 spiro atoms. The van der Waals surface area contributed by atoms with Crippen molar-refractivity contribution in [1.29, 1.82) is 0 Å². The maximum absolute atomic E-state index is 14.8. The Morgan fingerprint density at radius 1 is 0.707 bits per heavy atom. The lowest BCUT2D eigenvalue weighted by Gasteiger charge is -2.20. The van der Waals surface area contributed by atoms with E-state index in [0.29, 0.717) is 23.3 Å². The van der Waals surface area contributed by atoms with E-state index in [-0.39, 0.29) is 6.26 Å². The Balaban J connectivity index is 1.48. The highest BCUT2D eigenvalue weighted by Crippen LogP contribution is 2.37. The lowest BCUT2D eigenvalue weighted by atomic mass is 9.98. The Morgan fingerprint density at radius 2 is 1.24 bits per heavy atom. The summed E-state index contributed by atoms with van der Waals surface area (Å²) in [6.45, 7) is 2.16. The Bertz CT molecular complexity index is 1490. The number of aryl methyl sites for hydroxylation is 1. The van der Waals surface area contributed by atoms with E-state index in [9.17, 15) is 30.7 Å². The molecule has 4 aromatic carbocycles. The fraction of sp³-hybridized carbons (Fsp3) is 0.188. The number of benzene rings is 4. The van der Waals surface area contributed by atoms with Crippen LogP contribution < -0.4 is 9.47 Å². The molecule has 4 aromatic rings. The van der Waals surface area contributed by atoms with Crippen molar-refractivity contribution in [2.45, 2.75) is 38.7 Å². The van der Waals surface area contributed by atoms with Gasteiger partial charge in [-0.2, -0.15) is 17.6 Å². The molecule has 0 aliphatic rings. The van der Waals surface area contributed by atoms with Crippen LogP contribution in [0.4, 0.5) is 30.7 Å². The largest absolute Gasteiger partial charge is 0.453 e. The SMILES string of the molecule is CCCCCc1ccc(-c2ccc(-c3ccc(C(F)(F)Oc4cc(F)c(OC=C(F)F)c(F)c4)c(F)c3)cc2)cc1.